The smallest absolute Gasteiger partial charge is 0.263 e. The third kappa shape index (κ3) is 6.48. The first-order valence-electron chi connectivity index (χ1n) is 6.87. The van der Waals surface area contributed by atoms with E-state index in [0.29, 0.717) is 5.69 Å². The van der Waals surface area contributed by atoms with Gasteiger partial charge in [0, 0.05) is 26.8 Å². The number of hydrogen-bond donors (Lipinski definition) is 2. The highest BCUT2D eigenvalue weighted by Crippen LogP contribution is 2.15. The fraction of sp³-hybridized carbons (Fsp3) is 0.429. The molecule has 10 heteroatoms. The number of amides is 1. The van der Waals surface area contributed by atoms with Crippen molar-refractivity contribution in [3.05, 3.63) is 24.3 Å². The standard InChI is InChI=1S/C14H21N3O5S2/c1-10(18)16-11-5-7-12(8-6-11)24(19,20)17-14(23-4)15-9-13(21-2)22-3/h5-8,13H,9H2,1-4H3,(H,15,17)(H,16,18). The molecule has 0 aromatic heterocycles. The lowest BCUT2D eigenvalue weighted by atomic mass is 10.3. The van der Waals surface area contributed by atoms with Crippen molar-refractivity contribution in [2.45, 2.75) is 18.1 Å². The van der Waals surface area contributed by atoms with Crippen LogP contribution >= 0.6 is 11.8 Å². The first-order valence-corrected chi connectivity index (χ1v) is 9.57. The monoisotopic (exact) mass is 375 g/mol. The first kappa shape index (κ1) is 20.4. The molecule has 0 radical (unpaired) electrons. The highest BCUT2D eigenvalue weighted by Gasteiger charge is 2.16. The van der Waals surface area contributed by atoms with Crippen LogP contribution in [-0.2, 0) is 24.3 Å². The summed E-state index contributed by atoms with van der Waals surface area (Å²) in [6, 6.07) is 5.83. The molecule has 24 heavy (non-hydrogen) atoms. The number of thioether (sulfide) groups is 1. The molecule has 0 fully saturated rings. The molecule has 0 aliphatic carbocycles. The number of nitrogens with one attached hydrogen (secondary N) is 2. The van der Waals surface area contributed by atoms with Crippen molar-refractivity contribution >= 4 is 38.5 Å². The second-order valence-corrected chi connectivity index (χ2v) is 7.04. The Bertz CT molecular complexity index is 670. The fourth-order valence-electron chi connectivity index (χ4n) is 1.64. The van der Waals surface area contributed by atoms with E-state index in [0.717, 1.165) is 11.8 Å². The summed E-state index contributed by atoms with van der Waals surface area (Å²) in [7, 11) is -0.823. The molecule has 0 spiro atoms. The maximum Gasteiger partial charge on any atom is 0.263 e. The molecule has 2 N–H and O–H groups in total. The molecular formula is C14H21N3O5S2. The normalized spacial score (nSPS) is 12.3. The average molecular weight is 375 g/mol. The van der Waals surface area contributed by atoms with Crippen molar-refractivity contribution < 1.29 is 22.7 Å². The van der Waals surface area contributed by atoms with Gasteiger partial charge in [0.25, 0.3) is 10.0 Å². The van der Waals surface area contributed by atoms with Gasteiger partial charge >= 0.3 is 0 Å². The van der Waals surface area contributed by atoms with E-state index in [4.69, 9.17) is 9.47 Å². The molecule has 8 nitrogen and oxygen atoms in total. The van der Waals surface area contributed by atoms with Gasteiger partial charge in [0.05, 0.1) is 11.4 Å². The predicted molar refractivity (Wildman–Crippen MR) is 94.7 cm³/mol. The quantitative estimate of drug-likeness (QED) is 0.422. The Hall–Kier alpha value is -1.62. The maximum atomic E-state index is 12.4. The Morgan fingerprint density at radius 2 is 1.83 bits per heavy atom. The number of aliphatic imine (C=N–C) groups is 1. The molecule has 0 aliphatic rings. The number of sulfonamides is 1. The lowest BCUT2D eigenvalue weighted by Crippen LogP contribution is -2.29. The summed E-state index contributed by atoms with van der Waals surface area (Å²) in [6.07, 6.45) is 1.16. The Kier molecular flexibility index (Phi) is 8.19. The van der Waals surface area contributed by atoms with E-state index < -0.39 is 16.3 Å². The number of benzene rings is 1. The second kappa shape index (κ2) is 9.62. The zero-order valence-corrected chi connectivity index (χ0v) is 15.5. The summed E-state index contributed by atoms with van der Waals surface area (Å²) in [5.41, 5.74) is 0.517. The Balaban J connectivity index is 2.86. The summed E-state index contributed by atoms with van der Waals surface area (Å²) in [5, 5.41) is 2.79. The summed E-state index contributed by atoms with van der Waals surface area (Å²) in [5.74, 6) is -0.230. The van der Waals surface area contributed by atoms with Crippen molar-refractivity contribution in [3.8, 4) is 0 Å². The average Bonchev–Trinajstić information content (AvgIpc) is 2.54. The fourth-order valence-corrected chi connectivity index (χ4v) is 3.41. The first-order chi connectivity index (χ1) is 11.3. The van der Waals surface area contributed by atoms with Crippen LogP contribution in [-0.4, -0.2) is 52.8 Å². The number of hydrogen-bond acceptors (Lipinski definition) is 7. The minimum atomic E-state index is -3.77. The molecule has 0 aliphatic heterocycles. The molecule has 0 saturated carbocycles. The van der Waals surface area contributed by atoms with Crippen LogP contribution in [0, 0.1) is 0 Å². The third-order valence-corrected chi connectivity index (χ3v) is 4.91. The van der Waals surface area contributed by atoms with Gasteiger partial charge in [0.1, 0.15) is 0 Å². The number of carbonyl (C=O) groups is 1. The summed E-state index contributed by atoms with van der Waals surface area (Å²) in [6.45, 7) is 1.54. The van der Waals surface area contributed by atoms with E-state index in [-0.39, 0.29) is 22.5 Å². The Morgan fingerprint density at radius 3 is 2.29 bits per heavy atom. The van der Waals surface area contributed by atoms with Crippen LogP contribution in [0.5, 0.6) is 0 Å². The third-order valence-electron chi connectivity index (χ3n) is 2.81. The lowest BCUT2D eigenvalue weighted by Gasteiger charge is -2.13. The number of carbonyl (C=O) groups excluding carboxylic acids is 1. The molecule has 134 valence electrons. The molecule has 1 aromatic carbocycles. The van der Waals surface area contributed by atoms with Gasteiger partial charge in [-0.2, -0.15) is 0 Å². The minimum Gasteiger partial charge on any atom is -0.354 e. The highest BCUT2D eigenvalue weighted by molar-refractivity contribution is 8.14. The zero-order chi connectivity index (χ0) is 18.2. The van der Waals surface area contributed by atoms with Crippen LogP contribution < -0.4 is 10.0 Å². The van der Waals surface area contributed by atoms with E-state index in [1.165, 1.54) is 45.4 Å². The van der Waals surface area contributed by atoms with E-state index in [1.807, 2.05) is 0 Å². The van der Waals surface area contributed by atoms with Crippen LogP contribution in [0.2, 0.25) is 0 Å². The van der Waals surface area contributed by atoms with Crippen LogP contribution in [0.4, 0.5) is 5.69 Å². The lowest BCUT2D eigenvalue weighted by molar-refractivity contribution is -0.114. The van der Waals surface area contributed by atoms with E-state index in [2.05, 4.69) is 15.0 Å². The number of methoxy groups -OCH3 is 2. The van der Waals surface area contributed by atoms with E-state index >= 15 is 0 Å². The van der Waals surface area contributed by atoms with Gasteiger partial charge in [-0.05, 0) is 30.5 Å². The molecule has 0 unspecified atom stereocenters. The van der Waals surface area contributed by atoms with Crippen molar-refractivity contribution in [1.29, 1.82) is 0 Å². The minimum absolute atomic E-state index is 0.0633. The Labute approximate surface area is 146 Å². The Morgan fingerprint density at radius 1 is 1.25 bits per heavy atom. The summed E-state index contributed by atoms with van der Waals surface area (Å²) >= 11 is 1.16. The van der Waals surface area contributed by atoms with E-state index in [9.17, 15) is 13.2 Å². The van der Waals surface area contributed by atoms with Gasteiger partial charge in [0.2, 0.25) is 5.91 Å². The summed E-state index contributed by atoms with van der Waals surface area (Å²) in [4.78, 5) is 15.2. The second-order valence-electron chi connectivity index (χ2n) is 4.56. The van der Waals surface area contributed by atoms with Gasteiger partial charge in [-0.15, -0.1) is 0 Å². The molecule has 0 atom stereocenters. The van der Waals surface area contributed by atoms with Gasteiger partial charge in [-0.25, -0.2) is 8.42 Å². The molecule has 0 bridgehead atoms. The zero-order valence-electron chi connectivity index (χ0n) is 13.9. The summed E-state index contributed by atoms with van der Waals surface area (Å²) < 4.78 is 37.1. The van der Waals surface area contributed by atoms with Crippen LogP contribution in [0.3, 0.4) is 0 Å². The predicted octanol–water partition coefficient (Wildman–Crippen LogP) is 1.26. The molecule has 1 amide bonds. The number of ether oxygens (including phenoxy) is 2. The van der Waals surface area contributed by atoms with Crippen LogP contribution in [0.1, 0.15) is 6.92 Å². The number of rotatable bonds is 7. The SMILES string of the molecule is COC(CN=C(NS(=O)(=O)c1ccc(NC(C)=O)cc1)SC)OC. The van der Waals surface area contributed by atoms with Gasteiger partial charge < -0.3 is 14.8 Å². The van der Waals surface area contributed by atoms with Crippen molar-refractivity contribution in [2.75, 3.05) is 32.3 Å². The van der Waals surface area contributed by atoms with Crippen LogP contribution in [0.15, 0.2) is 34.2 Å². The number of anilines is 1. The van der Waals surface area contributed by atoms with Gasteiger partial charge in [-0.3, -0.25) is 14.5 Å². The molecule has 0 saturated heterocycles. The number of amidine groups is 1. The molecule has 0 heterocycles. The van der Waals surface area contributed by atoms with Crippen molar-refractivity contribution in [2.24, 2.45) is 4.99 Å². The van der Waals surface area contributed by atoms with Crippen molar-refractivity contribution in [3.63, 3.8) is 0 Å². The topological polar surface area (TPSA) is 106 Å². The largest absolute Gasteiger partial charge is 0.354 e. The highest BCUT2D eigenvalue weighted by atomic mass is 32.2. The molecular weight excluding hydrogens is 354 g/mol. The number of nitrogens with zero attached hydrogens (tertiary/aromatic N) is 1. The maximum absolute atomic E-state index is 12.4. The van der Waals surface area contributed by atoms with Gasteiger partial charge in [0.15, 0.2) is 11.5 Å². The van der Waals surface area contributed by atoms with Gasteiger partial charge in [-0.1, -0.05) is 11.8 Å². The van der Waals surface area contributed by atoms with E-state index in [1.54, 1.807) is 6.26 Å². The van der Waals surface area contributed by atoms with Crippen molar-refractivity contribution in [1.82, 2.24) is 4.72 Å². The molecule has 1 rings (SSSR count). The van der Waals surface area contributed by atoms with Crippen LogP contribution in [0.25, 0.3) is 0 Å². The molecule has 1 aromatic rings.